The number of carbonyl (C=O) groups is 1. The molecule has 8 heteroatoms. The van der Waals surface area contributed by atoms with E-state index < -0.39 is 24.6 Å². The Labute approximate surface area is 205 Å². The van der Waals surface area contributed by atoms with Gasteiger partial charge in [-0.05, 0) is 60.0 Å². The van der Waals surface area contributed by atoms with Gasteiger partial charge >= 0.3 is 12.6 Å². The SMILES string of the molecule is CC(C)[C@@H](C(=O)O[C@H](C#N)c1cccc(Oc2ccc(Br)cc2)c1)c1ccc(OC(F)F)cc1. The lowest BCUT2D eigenvalue weighted by atomic mass is 9.88. The van der Waals surface area contributed by atoms with E-state index in [0.717, 1.165) is 4.47 Å². The summed E-state index contributed by atoms with van der Waals surface area (Å²) in [7, 11) is 0. The molecule has 0 saturated heterocycles. The minimum absolute atomic E-state index is 0.00730. The number of hydrogen-bond acceptors (Lipinski definition) is 5. The van der Waals surface area contributed by atoms with E-state index in [-0.39, 0.29) is 11.7 Å². The molecule has 0 heterocycles. The van der Waals surface area contributed by atoms with Crippen LogP contribution in [0.4, 0.5) is 8.78 Å². The van der Waals surface area contributed by atoms with Crippen LogP contribution in [0.15, 0.2) is 77.3 Å². The number of alkyl halides is 2. The molecule has 3 aromatic rings. The number of benzene rings is 3. The second-order valence-electron chi connectivity index (χ2n) is 7.74. The minimum Gasteiger partial charge on any atom is -0.457 e. The fraction of sp³-hybridized carbons (Fsp3) is 0.231. The Balaban J connectivity index is 1.76. The van der Waals surface area contributed by atoms with Gasteiger partial charge in [-0.25, -0.2) is 0 Å². The van der Waals surface area contributed by atoms with Crippen molar-refractivity contribution in [2.75, 3.05) is 0 Å². The van der Waals surface area contributed by atoms with Gasteiger partial charge in [0.1, 0.15) is 23.3 Å². The third-order valence-corrected chi connectivity index (χ3v) is 5.48. The zero-order chi connectivity index (χ0) is 24.7. The minimum atomic E-state index is -2.93. The third-order valence-electron chi connectivity index (χ3n) is 4.95. The molecular weight excluding hydrogens is 508 g/mol. The Hall–Kier alpha value is -3.44. The number of rotatable bonds is 9. The van der Waals surface area contributed by atoms with Crippen molar-refractivity contribution < 1.29 is 27.8 Å². The number of esters is 1. The number of ether oxygens (including phenoxy) is 3. The number of halogens is 3. The van der Waals surface area contributed by atoms with E-state index in [1.165, 1.54) is 24.3 Å². The molecule has 0 N–H and O–H groups in total. The molecule has 5 nitrogen and oxygen atoms in total. The lowest BCUT2D eigenvalue weighted by Crippen LogP contribution is -2.22. The van der Waals surface area contributed by atoms with E-state index in [1.807, 2.05) is 32.0 Å². The van der Waals surface area contributed by atoms with Gasteiger partial charge in [0, 0.05) is 10.0 Å². The molecule has 0 fully saturated rings. The summed E-state index contributed by atoms with van der Waals surface area (Å²) in [5.41, 5.74) is 1.04. The monoisotopic (exact) mass is 529 g/mol. The molecule has 2 atom stereocenters. The van der Waals surface area contributed by atoms with Crippen LogP contribution in [0.5, 0.6) is 17.2 Å². The van der Waals surface area contributed by atoms with Gasteiger partial charge in [-0.2, -0.15) is 14.0 Å². The first-order valence-electron chi connectivity index (χ1n) is 10.4. The molecule has 0 unspecified atom stereocenters. The molecule has 3 rings (SSSR count). The zero-order valence-electron chi connectivity index (χ0n) is 18.5. The predicted molar refractivity (Wildman–Crippen MR) is 126 cm³/mol. The first-order chi connectivity index (χ1) is 16.3. The topological polar surface area (TPSA) is 68.6 Å². The van der Waals surface area contributed by atoms with Crippen molar-refractivity contribution in [2.24, 2.45) is 5.92 Å². The van der Waals surface area contributed by atoms with Gasteiger partial charge in [0.25, 0.3) is 0 Å². The molecule has 0 aliphatic carbocycles. The van der Waals surface area contributed by atoms with Gasteiger partial charge in [0.2, 0.25) is 6.10 Å². The summed E-state index contributed by atoms with van der Waals surface area (Å²) < 4.78 is 41.5. The smallest absolute Gasteiger partial charge is 0.387 e. The van der Waals surface area contributed by atoms with Crippen LogP contribution in [0.3, 0.4) is 0 Å². The highest BCUT2D eigenvalue weighted by Crippen LogP contribution is 2.32. The average molecular weight is 530 g/mol. The number of nitrogens with zero attached hydrogens (tertiary/aromatic N) is 1. The highest BCUT2D eigenvalue weighted by molar-refractivity contribution is 9.10. The summed E-state index contributed by atoms with van der Waals surface area (Å²) in [4.78, 5) is 13.0. The van der Waals surface area contributed by atoms with Crippen molar-refractivity contribution in [3.05, 3.63) is 88.4 Å². The normalized spacial score (nSPS) is 12.6. The van der Waals surface area contributed by atoms with Crippen molar-refractivity contribution in [3.8, 4) is 23.3 Å². The summed E-state index contributed by atoms with van der Waals surface area (Å²) in [5.74, 6) is -0.356. The van der Waals surface area contributed by atoms with Crippen LogP contribution in [-0.2, 0) is 9.53 Å². The van der Waals surface area contributed by atoms with Crippen LogP contribution in [0.2, 0.25) is 0 Å². The molecule has 0 aliphatic rings. The first kappa shape index (κ1) is 25.2. The summed E-state index contributed by atoms with van der Waals surface area (Å²) in [6.07, 6.45) is -1.15. The lowest BCUT2D eigenvalue weighted by Gasteiger charge is -2.22. The second kappa shape index (κ2) is 11.6. The van der Waals surface area contributed by atoms with E-state index in [9.17, 15) is 18.8 Å². The van der Waals surface area contributed by atoms with Crippen LogP contribution < -0.4 is 9.47 Å². The van der Waals surface area contributed by atoms with Crippen molar-refractivity contribution in [3.63, 3.8) is 0 Å². The molecule has 34 heavy (non-hydrogen) atoms. The lowest BCUT2D eigenvalue weighted by molar-refractivity contribution is -0.150. The molecule has 0 aliphatic heterocycles. The van der Waals surface area contributed by atoms with E-state index >= 15 is 0 Å². The van der Waals surface area contributed by atoms with Gasteiger partial charge in [-0.15, -0.1) is 0 Å². The average Bonchev–Trinajstić information content (AvgIpc) is 2.80. The van der Waals surface area contributed by atoms with Crippen LogP contribution in [0, 0.1) is 17.2 Å². The Morgan fingerprint density at radius 2 is 1.56 bits per heavy atom. The fourth-order valence-electron chi connectivity index (χ4n) is 3.39. The van der Waals surface area contributed by atoms with Crippen molar-refractivity contribution >= 4 is 21.9 Å². The molecule has 0 saturated carbocycles. The molecule has 0 radical (unpaired) electrons. The quantitative estimate of drug-likeness (QED) is 0.270. The Bertz CT molecular complexity index is 1140. The highest BCUT2D eigenvalue weighted by Gasteiger charge is 2.29. The van der Waals surface area contributed by atoms with E-state index in [4.69, 9.17) is 9.47 Å². The van der Waals surface area contributed by atoms with Crippen LogP contribution >= 0.6 is 15.9 Å². The van der Waals surface area contributed by atoms with E-state index in [2.05, 4.69) is 20.7 Å². The molecule has 0 spiro atoms. The van der Waals surface area contributed by atoms with Crippen LogP contribution in [0.25, 0.3) is 0 Å². The maximum atomic E-state index is 13.0. The number of hydrogen-bond donors (Lipinski definition) is 0. The Morgan fingerprint density at radius 3 is 2.15 bits per heavy atom. The Morgan fingerprint density at radius 1 is 0.912 bits per heavy atom. The highest BCUT2D eigenvalue weighted by atomic mass is 79.9. The van der Waals surface area contributed by atoms with Crippen LogP contribution in [-0.4, -0.2) is 12.6 Å². The fourth-order valence-corrected chi connectivity index (χ4v) is 3.65. The first-order valence-corrected chi connectivity index (χ1v) is 11.2. The number of carbonyl (C=O) groups excluding carboxylic acids is 1. The number of nitriles is 1. The summed E-state index contributed by atoms with van der Waals surface area (Å²) >= 11 is 3.37. The molecule has 176 valence electrons. The molecule has 0 bridgehead atoms. The van der Waals surface area contributed by atoms with Gasteiger partial charge in [0.15, 0.2) is 0 Å². The molecule has 3 aromatic carbocycles. The van der Waals surface area contributed by atoms with E-state index in [1.54, 1.807) is 36.4 Å². The predicted octanol–water partition coefficient (Wildman–Crippen LogP) is 7.39. The summed E-state index contributed by atoms with van der Waals surface area (Å²) in [6.45, 7) is 0.740. The third kappa shape index (κ3) is 6.78. The van der Waals surface area contributed by atoms with Gasteiger partial charge in [0.05, 0.1) is 5.92 Å². The zero-order valence-corrected chi connectivity index (χ0v) is 20.0. The van der Waals surface area contributed by atoms with Gasteiger partial charge < -0.3 is 14.2 Å². The molecule has 0 amide bonds. The molecule has 0 aromatic heterocycles. The maximum Gasteiger partial charge on any atom is 0.387 e. The van der Waals surface area contributed by atoms with E-state index in [0.29, 0.717) is 22.6 Å². The van der Waals surface area contributed by atoms with Crippen molar-refractivity contribution in [1.29, 1.82) is 5.26 Å². The van der Waals surface area contributed by atoms with Crippen molar-refractivity contribution in [2.45, 2.75) is 32.5 Å². The molecular formula is C26H22BrF2NO4. The second-order valence-corrected chi connectivity index (χ2v) is 8.66. The van der Waals surface area contributed by atoms with Crippen LogP contribution in [0.1, 0.15) is 37.0 Å². The van der Waals surface area contributed by atoms with Gasteiger partial charge in [-0.3, -0.25) is 4.79 Å². The standard InChI is InChI=1S/C26H22BrF2NO4/c1-16(2)24(17-6-10-21(11-7-17)33-26(28)29)25(31)34-23(15-30)18-4-3-5-22(14-18)32-20-12-8-19(27)9-13-20/h3-14,16,23-24,26H,1-2H3/t23-,24-/m1/s1. The Kier molecular flexibility index (Phi) is 8.61. The summed E-state index contributed by atoms with van der Waals surface area (Å²) in [6, 6.07) is 21.9. The maximum absolute atomic E-state index is 13.0. The van der Waals surface area contributed by atoms with Gasteiger partial charge in [-0.1, -0.05) is 54.0 Å². The van der Waals surface area contributed by atoms with Crippen molar-refractivity contribution in [1.82, 2.24) is 0 Å². The largest absolute Gasteiger partial charge is 0.457 e. The summed E-state index contributed by atoms with van der Waals surface area (Å²) in [5, 5.41) is 9.69.